The summed E-state index contributed by atoms with van der Waals surface area (Å²) in [7, 11) is 7.89. The molecule has 0 aromatic heterocycles. The maximum atomic E-state index is 12.6. The second kappa shape index (κ2) is 14.6. The van der Waals surface area contributed by atoms with Gasteiger partial charge in [0.05, 0.1) is 39.7 Å². The van der Waals surface area contributed by atoms with Crippen LogP contribution in [0.2, 0.25) is 0 Å². The van der Waals surface area contributed by atoms with E-state index in [1.165, 1.54) is 0 Å². The van der Waals surface area contributed by atoms with E-state index < -0.39 is 0 Å². The highest BCUT2D eigenvalue weighted by molar-refractivity contribution is 6.02. The fraction of sp³-hybridized carbons (Fsp3) is 0.314. The molecule has 3 aromatic rings. The molecule has 3 atom stereocenters. The summed E-state index contributed by atoms with van der Waals surface area (Å²) in [6.45, 7) is 0.0291. The van der Waals surface area contributed by atoms with Gasteiger partial charge in [-0.05, 0) is 54.1 Å². The third kappa shape index (κ3) is 6.68. The highest BCUT2D eigenvalue weighted by Gasteiger charge is 2.31. The van der Waals surface area contributed by atoms with Crippen molar-refractivity contribution in [2.45, 2.75) is 31.2 Å². The number of ether oxygens (including phenoxy) is 6. The highest BCUT2D eigenvalue weighted by Crippen LogP contribution is 2.42. The van der Waals surface area contributed by atoms with E-state index in [4.69, 9.17) is 38.1 Å². The van der Waals surface area contributed by atoms with Crippen LogP contribution in [0.3, 0.4) is 0 Å². The summed E-state index contributed by atoms with van der Waals surface area (Å²) >= 11 is 0. The fourth-order valence-electron chi connectivity index (χ4n) is 5.80. The van der Waals surface area contributed by atoms with Crippen molar-refractivity contribution >= 4 is 17.3 Å². The molecule has 0 saturated carbocycles. The average Bonchev–Trinajstić information content (AvgIpc) is 3.63. The number of oxime groups is 1. The lowest BCUT2D eigenvalue weighted by Crippen LogP contribution is -2.47. The van der Waals surface area contributed by atoms with E-state index in [2.05, 4.69) is 21.3 Å². The van der Waals surface area contributed by atoms with E-state index in [1.807, 2.05) is 54.6 Å². The minimum Gasteiger partial charge on any atom is -0.493 e. The molecular formula is C35H38N4O9. The van der Waals surface area contributed by atoms with Crippen LogP contribution in [0.25, 0.3) is 0 Å². The zero-order chi connectivity index (χ0) is 33.6. The Morgan fingerprint density at radius 1 is 0.854 bits per heavy atom. The second-order valence-corrected chi connectivity index (χ2v) is 11.0. The van der Waals surface area contributed by atoms with Crippen molar-refractivity contribution in [1.29, 1.82) is 0 Å². The molecule has 0 fully saturated rings. The van der Waals surface area contributed by atoms with Gasteiger partial charge in [-0.25, -0.2) is 0 Å². The number of nitrogens with zero attached hydrogens (tertiary/aromatic N) is 1. The van der Waals surface area contributed by atoms with Crippen LogP contribution in [0.1, 0.15) is 40.4 Å². The zero-order valence-electron chi connectivity index (χ0n) is 27.3. The van der Waals surface area contributed by atoms with Crippen LogP contribution in [0.5, 0.6) is 28.7 Å². The number of hydrogen-bond acceptors (Lipinski definition) is 12. The summed E-state index contributed by atoms with van der Waals surface area (Å²) in [5, 5.41) is 10.8. The summed E-state index contributed by atoms with van der Waals surface area (Å²) in [6.07, 6.45) is 3.76. The molecule has 0 spiro atoms. The average molecular weight is 659 g/mol. The number of hydroxylamine groups is 1. The van der Waals surface area contributed by atoms with Gasteiger partial charge < -0.3 is 48.7 Å². The smallest absolute Gasteiger partial charge is 0.255 e. The fourth-order valence-corrected chi connectivity index (χ4v) is 5.80. The van der Waals surface area contributed by atoms with Crippen molar-refractivity contribution in [2.24, 2.45) is 5.16 Å². The lowest BCUT2D eigenvalue weighted by molar-refractivity contribution is 0.0221. The quantitative estimate of drug-likeness (QED) is 0.132. The third-order valence-corrected chi connectivity index (χ3v) is 8.31. The van der Waals surface area contributed by atoms with Gasteiger partial charge in [-0.1, -0.05) is 23.4 Å². The Morgan fingerprint density at radius 2 is 1.62 bits per heavy atom. The maximum absolute atomic E-state index is 12.6. The Labute approximate surface area is 278 Å². The molecule has 3 aliphatic rings. The number of rotatable bonds is 13. The second-order valence-electron chi connectivity index (χ2n) is 11.0. The Morgan fingerprint density at radius 3 is 2.35 bits per heavy atom. The third-order valence-electron chi connectivity index (χ3n) is 8.31. The first-order valence-electron chi connectivity index (χ1n) is 15.3. The molecule has 0 saturated heterocycles. The standard InChI is InChI=1S/C35H38N4O9/c1-41-26-12-10-20(25-18-28(48-39-25)22-16-31(43-3)33(45-5)32(17-22)44-4)14-30(26)47-36-19-46-27-13-11-21(15-29(27)42-2)34-37-24-9-7-6-8-23(24)35(40)38-34/h6-14,16-17,28-29,34,36-37H,15,18-19H2,1-5H3,(H,38,40). The number of benzene rings is 3. The summed E-state index contributed by atoms with van der Waals surface area (Å²) in [5.41, 5.74) is 7.61. The lowest BCUT2D eigenvalue weighted by Gasteiger charge is -2.33. The van der Waals surface area contributed by atoms with Crippen LogP contribution in [0.4, 0.5) is 5.69 Å². The Hall–Kier alpha value is -5.40. The van der Waals surface area contributed by atoms with Crippen molar-refractivity contribution in [2.75, 3.05) is 47.6 Å². The molecule has 3 unspecified atom stereocenters. The van der Waals surface area contributed by atoms with Crippen molar-refractivity contribution in [3.63, 3.8) is 0 Å². The number of fused-ring (bicyclic) bond motifs is 1. The number of nitrogens with one attached hydrogen (secondary N) is 3. The Bertz CT molecular complexity index is 1730. The summed E-state index contributed by atoms with van der Waals surface area (Å²) < 4.78 is 33.6. The van der Waals surface area contributed by atoms with Crippen LogP contribution in [-0.4, -0.2) is 66.2 Å². The predicted octanol–water partition coefficient (Wildman–Crippen LogP) is 4.85. The van der Waals surface area contributed by atoms with E-state index in [9.17, 15) is 4.79 Å². The molecule has 13 heteroatoms. The van der Waals surface area contributed by atoms with Gasteiger partial charge in [-0.2, -0.15) is 0 Å². The van der Waals surface area contributed by atoms with Gasteiger partial charge >= 0.3 is 0 Å². The molecule has 6 rings (SSSR count). The van der Waals surface area contributed by atoms with Crippen molar-refractivity contribution in [3.05, 3.63) is 94.8 Å². The number of anilines is 1. The number of carbonyl (C=O) groups excluding carboxylic acids is 1. The van der Waals surface area contributed by atoms with Gasteiger partial charge in [0.15, 0.2) is 35.8 Å². The van der Waals surface area contributed by atoms with Crippen LogP contribution >= 0.6 is 0 Å². The van der Waals surface area contributed by atoms with Gasteiger partial charge in [0, 0.05) is 36.8 Å². The van der Waals surface area contributed by atoms with Crippen molar-refractivity contribution < 1.29 is 42.9 Å². The molecule has 2 heterocycles. The first-order valence-corrected chi connectivity index (χ1v) is 15.3. The van der Waals surface area contributed by atoms with Gasteiger partial charge in [-0.3, -0.25) is 4.79 Å². The summed E-state index contributed by atoms with van der Waals surface area (Å²) in [6, 6.07) is 16.6. The molecule has 13 nitrogen and oxygen atoms in total. The minimum absolute atomic E-state index is 0.0291. The first-order chi connectivity index (χ1) is 23.5. The molecule has 48 heavy (non-hydrogen) atoms. The van der Waals surface area contributed by atoms with Crippen LogP contribution in [-0.2, 0) is 14.3 Å². The normalized spacial score (nSPS) is 19.7. The SMILES string of the molecule is COc1ccc(C2=NOC(c3cc(OC)c(OC)c(OC)c3)C2)cc1ONCOC1=CC=C(C2NC(=O)c3ccccc3N2)CC1OC. The van der Waals surface area contributed by atoms with Gasteiger partial charge in [0.1, 0.15) is 18.0 Å². The summed E-state index contributed by atoms with van der Waals surface area (Å²) in [5.74, 6) is 3.05. The van der Waals surface area contributed by atoms with Crippen LogP contribution in [0.15, 0.2) is 83.2 Å². The lowest BCUT2D eigenvalue weighted by atomic mass is 9.96. The molecule has 1 aliphatic carbocycles. The summed E-state index contributed by atoms with van der Waals surface area (Å²) in [4.78, 5) is 24.3. The van der Waals surface area contributed by atoms with E-state index in [0.29, 0.717) is 52.9 Å². The zero-order valence-corrected chi connectivity index (χ0v) is 27.3. The monoisotopic (exact) mass is 658 g/mol. The van der Waals surface area contributed by atoms with E-state index in [0.717, 1.165) is 28.1 Å². The molecule has 2 aliphatic heterocycles. The molecular weight excluding hydrogens is 620 g/mol. The van der Waals surface area contributed by atoms with Gasteiger partial charge in [0.2, 0.25) is 5.75 Å². The van der Waals surface area contributed by atoms with Crippen molar-refractivity contribution in [1.82, 2.24) is 10.8 Å². The van der Waals surface area contributed by atoms with E-state index in [1.54, 1.807) is 47.7 Å². The van der Waals surface area contributed by atoms with Gasteiger partial charge in [0.25, 0.3) is 5.91 Å². The number of carbonyl (C=O) groups is 1. The Balaban J connectivity index is 1.07. The number of amides is 1. The number of para-hydroxylation sites is 1. The molecule has 252 valence electrons. The van der Waals surface area contributed by atoms with E-state index >= 15 is 0 Å². The molecule has 3 aromatic carbocycles. The molecule has 0 bridgehead atoms. The first kappa shape index (κ1) is 32.5. The van der Waals surface area contributed by atoms with Crippen LogP contribution < -0.4 is 39.9 Å². The molecule has 1 amide bonds. The van der Waals surface area contributed by atoms with Crippen molar-refractivity contribution in [3.8, 4) is 28.7 Å². The topological polar surface area (TPSA) is 139 Å². The van der Waals surface area contributed by atoms with Crippen LogP contribution in [0, 0.1) is 0 Å². The van der Waals surface area contributed by atoms with E-state index in [-0.39, 0.29) is 31.0 Å². The maximum Gasteiger partial charge on any atom is 0.255 e. The predicted molar refractivity (Wildman–Crippen MR) is 177 cm³/mol. The largest absolute Gasteiger partial charge is 0.493 e. The number of hydrogen-bond donors (Lipinski definition) is 3. The highest BCUT2D eigenvalue weighted by atomic mass is 16.7. The van der Waals surface area contributed by atoms with Gasteiger partial charge in [-0.15, -0.1) is 5.48 Å². The number of methoxy groups -OCH3 is 5. The molecule has 0 radical (unpaired) electrons. The number of allylic oxidation sites excluding steroid dienone is 2. The Kier molecular flexibility index (Phi) is 9.88. The minimum atomic E-state index is -0.351. The molecule has 3 N–H and O–H groups in total.